The molecular weight excluding hydrogens is 363 g/mol. The molecule has 25 heavy (non-hydrogen) atoms. The molecule has 11 heteroatoms. The highest BCUT2D eigenvalue weighted by atomic mass is 32.1. The van der Waals surface area contributed by atoms with E-state index < -0.39 is 23.7 Å². The summed E-state index contributed by atoms with van der Waals surface area (Å²) < 4.78 is 43.5. The number of benzene rings is 1. The standard InChI is InChI=1S/C14H12F3N3O4S/c1-6-10(25-12(18-6)20-13(22)23)11(21)19-8-3-7(14(15,16)17)4-9(5-8)24-2/h3-5H,1-2H3,(H,18,20)(H,19,21)(H,22,23). The zero-order valence-corrected chi connectivity index (χ0v) is 13.7. The summed E-state index contributed by atoms with van der Waals surface area (Å²) in [6.45, 7) is 1.48. The normalized spacial score (nSPS) is 11.1. The van der Waals surface area contributed by atoms with Crippen LogP contribution in [0, 0.1) is 6.92 Å². The summed E-state index contributed by atoms with van der Waals surface area (Å²) in [7, 11) is 1.21. The molecule has 7 nitrogen and oxygen atoms in total. The minimum absolute atomic E-state index is 0.0169. The van der Waals surface area contributed by atoms with Gasteiger partial charge in [-0.1, -0.05) is 11.3 Å². The fourth-order valence-corrected chi connectivity index (χ4v) is 2.74. The summed E-state index contributed by atoms with van der Waals surface area (Å²) in [6.07, 6.45) is -5.95. The molecule has 1 heterocycles. The number of carboxylic acid groups (broad SMARTS) is 1. The number of rotatable bonds is 4. The van der Waals surface area contributed by atoms with Gasteiger partial charge >= 0.3 is 12.3 Å². The number of aryl methyl sites for hydroxylation is 1. The van der Waals surface area contributed by atoms with Gasteiger partial charge in [0.2, 0.25) is 0 Å². The predicted octanol–water partition coefficient (Wildman–Crippen LogP) is 3.82. The molecule has 0 spiro atoms. The van der Waals surface area contributed by atoms with Crippen LogP contribution in [0.25, 0.3) is 0 Å². The number of carbonyl (C=O) groups excluding carboxylic acids is 1. The Morgan fingerprint density at radius 1 is 1.24 bits per heavy atom. The first-order chi connectivity index (χ1) is 11.6. The number of nitrogens with zero attached hydrogens (tertiary/aromatic N) is 1. The van der Waals surface area contributed by atoms with Crippen molar-refractivity contribution in [2.24, 2.45) is 0 Å². The van der Waals surface area contributed by atoms with Crippen molar-refractivity contribution >= 4 is 34.2 Å². The molecule has 0 fully saturated rings. The van der Waals surface area contributed by atoms with Crippen LogP contribution in [-0.2, 0) is 6.18 Å². The molecule has 0 aliphatic heterocycles. The Bertz CT molecular complexity index is 820. The van der Waals surface area contributed by atoms with Crippen LogP contribution >= 0.6 is 11.3 Å². The summed E-state index contributed by atoms with van der Waals surface area (Å²) in [6, 6.07) is 2.82. The van der Waals surface area contributed by atoms with Crippen LogP contribution in [0.5, 0.6) is 5.75 Å². The van der Waals surface area contributed by atoms with Gasteiger partial charge in [-0.15, -0.1) is 0 Å². The Hall–Kier alpha value is -2.82. The molecule has 2 amide bonds. The number of anilines is 2. The highest BCUT2D eigenvalue weighted by Crippen LogP contribution is 2.34. The van der Waals surface area contributed by atoms with Crippen LogP contribution in [0.4, 0.5) is 28.8 Å². The first-order valence-electron chi connectivity index (χ1n) is 6.65. The smallest absolute Gasteiger partial charge is 0.416 e. The molecule has 2 aromatic rings. The Morgan fingerprint density at radius 2 is 1.92 bits per heavy atom. The third-order valence-electron chi connectivity index (χ3n) is 2.94. The first-order valence-corrected chi connectivity index (χ1v) is 7.47. The second-order valence-corrected chi connectivity index (χ2v) is 5.76. The van der Waals surface area contributed by atoms with Gasteiger partial charge in [-0.25, -0.2) is 9.78 Å². The summed E-state index contributed by atoms with van der Waals surface area (Å²) in [4.78, 5) is 26.8. The van der Waals surface area contributed by atoms with Crippen molar-refractivity contribution in [1.82, 2.24) is 4.98 Å². The van der Waals surface area contributed by atoms with E-state index in [2.05, 4.69) is 10.3 Å². The molecule has 134 valence electrons. The maximum absolute atomic E-state index is 12.9. The maximum atomic E-state index is 12.9. The number of ether oxygens (including phenoxy) is 1. The van der Waals surface area contributed by atoms with Crippen LogP contribution in [0.15, 0.2) is 18.2 Å². The van der Waals surface area contributed by atoms with Gasteiger partial charge in [0.05, 0.1) is 18.4 Å². The lowest BCUT2D eigenvalue weighted by Gasteiger charge is -2.12. The minimum atomic E-state index is -4.60. The molecule has 0 radical (unpaired) electrons. The van der Waals surface area contributed by atoms with Crippen LogP contribution < -0.4 is 15.4 Å². The van der Waals surface area contributed by atoms with Crippen LogP contribution in [0.3, 0.4) is 0 Å². The summed E-state index contributed by atoms with van der Waals surface area (Å²) in [5.41, 5.74) is -0.848. The second-order valence-electron chi connectivity index (χ2n) is 4.77. The third-order valence-corrected chi connectivity index (χ3v) is 4.02. The Balaban J connectivity index is 2.28. The average molecular weight is 375 g/mol. The van der Waals surface area contributed by atoms with Crippen LogP contribution in [0.1, 0.15) is 20.9 Å². The van der Waals surface area contributed by atoms with Gasteiger partial charge in [-0.3, -0.25) is 10.1 Å². The molecule has 0 saturated heterocycles. The van der Waals surface area contributed by atoms with E-state index in [4.69, 9.17) is 9.84 Å². The van der Waals surface area contributed by atoms with Crippen molar-refractivity contribution in [1.29, 1.82) is 0 Å². The zero-order chi connectivity index (χ0) is 18.8. The van der Waals surface area contributed by atoms with E-state index in [1.165, 1.54) is 20.1 Å². The molecule has 0 saturated carbocycles. The molecule has 0 aliphatic rings. The lowest BCUT2D eigenvalue weighted by atomic mass is 10.1. The van der Waals surface area contributed by atoms with Gasteiger partial charge in [-0.05, 0) is 19.1 Å². The van der Waals surface area contributed by atoms with Gasteiger partial charge in [-0.2, -0.15) is 13.2 Å². The molecule has 2 rings (SSSR count). The molecular formula is C14H12F3N3O4S. The third kappa shape index (κ3) is 4.59. The van der Waals surface area contributed by atoms with E-state index in [1.807, 2.05) is 5.32 Å². The zero-order valence-electron chi connectivity index (χ0n) is 12.9. The number of thiazole rings is 1. The molecule has 3 N–H and O–H groups in total. The number of alkyl halides is 3. The molecule has 0 bridgehead atoms. The topological polar surface area (TPSA) is 101 Å². The molecule has 1 aromatic carbocycles. The lowest BCUT2D eigenvalue weighted by Crippen LogP contribution is -2.13. The number of aromatic nitrogens is 1. The van der Waals surface area contributed by atoms with Crippen molar-refractivity contribution in [2.45, 2.75) is 13.1 Å². The van der Waals surface area contributed by atoms with E-state index in [-0.39, 0.29) is 27.1 Å². The number of amides is 2. The van der Waals surface area contributed by atoms with Gasteiger partial charge in [0.1, 0.15) is 10.6 Å². The van der Waals surface area contributed by atoms with E-state index in [0.29, 0.717) is 0 Å². The number of hydrogen-bond donors (Lipinski definition) is 3. The van der Waals surface area contributed by atoms with Gasteiger partial charge in [0.15, 0.2) is 5.13 Å². The molecule has 1 aromatic heterocycles. The fraction of sp³-hybridized carbons (Fsp3) is 0.214. The fourth-order valence-electron chi connectivity index (χ4n) is 1.89. The maximum Gasteiger partial charge on any atom is 0.416 e. The Labute approximate surface area is 143 Å². The largest absolute Gasteiger partial charge is 0.497 e. The number of carbonyl (C=O) groups is 2. The Kier molecular flexibility index (Phi) is 5.16. The number of halogens is 3. The van der Waals surface area contributed by atoms with Crippen molar-refractivity contribution in [2.75, 3.05) is 17.7 Å². The summed E-state index contributed by atoms with van der Waals surface area (Å²) in [5, 5.41) is 13.0. The summed E-state index contributed by atoms with van der Waals surface area (Å²) in [5.74, 6) is -0.783. The van der Waals surface area contributed by atoms with Crippen molar-refractivity contribution in [3.63, 3.8) is 0 Å². The van der Waals surface area contributed by atoms with Crippen molar-refractivity contribution in [3.8, 4) is 5.75 Å². The highest BCUT2D eigenvalue weighted by Gasteiger charge is 2.31. The van der Waals surface area contributed by atoms with Gasteiger partial charge < -0.3 is 15.2 Å². The van der Waals surface area contributed by atoms with Crippen LogP contribution in [-0.4, -0.2) is 29.2 Å². The highest BCUT2D eigenvalue weighted by molar-refractivity contribution is 7.17. The number of nitrogens with one attached hydrogen (secondary N) is 2. The van der Waals surface area contributed by atoms with E-state index in [1.54, 1.807) is 0 Å². The lowest BCUT2D eigenvalue weighted by molar-refractivity contribution is -0.137. The van der Waals surface area contributed by atoms with Gasteiger partial charge in [0.25, 0.3) is 5.91 Å². The number of hydrogen-bond acceptors (Lipinski definition) is 5. The first kappa shape index (κ1) is 18.5. The van der Waals surface area contributed by atoms with Crippen LogP contribution in [0.2, 0.25) is 0 Å². The predicted molar refractivity (Wildman–Crippen MR) is 84.4 cm³/mol. The van der Waals surface area contributed by atoms with E-state index in [0.717, 1.165) is 23.5 Å². The van der Waals surface area contributed by atoms with Crippen molar-refractivity contribution in [3.05, 3.63) is 34.3 Å². The number of methoxy groups -OCH3 is 1. The second kappa shape index (κ2) is 6.97. The SMILES string of the molecule is COc1cc(NC(=O)c2sc(NC(=O)O)nc2C)cc(C(F)(F)F)c1. The average Bonchev–Trinajstić information content (AvgIpc) is 2.85. The molecule has 0 unspecified atom stereocenters. The molecule has 0 atom stereocenters. The monoisotopic (exact) mass is 375 g/mol. The quantitative estimate of drug-likeness (QED) is 0.754. The van der Waals surface area contributed by atoms with E-state index >= 15 is 0 Å². The van der Waals surface area contributed by atoms with E-state index in [9.17, 15) is 22.8 Å². The summed E-state index contributed by atoms with van der Waals surface area (Å²) >= 11 is 0.766. The van der Waals surface area contributed by atoms with Gasteiger partial charge in [0, 0.05) is 11.8 Å². The minimum Gasteiger partial charge on any atom is -0.497 e. The molecule has 0 aliphatic carbocycles. The van der Waals surface area contributed by atoms with Crippen molar-refractivity contribution < 1.29 is 32.6 Å². The Morgan fingerprint density at radius 3 is 2.48 bits per heavy atom.